The highest BCUT2D eigenvalue weighted by atomic mass is 16.2. The molecule has 2 aliphatic carbocycles. The van der Waals surface area contributed by atoms with Crippen LogP contribution in [0.15, 0.2) is 30.3 Å². The summed E-state index contributed by atoms with van der Waals surface area (Å²) in [5, 5.41) is 11.3. The van der Waals surface area contributed by atoms with E-state index in [0.717, 1.165) is 18.4 Å². The summed E-state index contributed by atoms with van der Waals surface area (Å²) >= 11 is 0. The molecular weight excluding hydrogens is 600 g/mol. The average molecular weight is 653 g/mol. The highest BCUT2D eigenvalue weighted by Gasteiger charge is 2.70. The van der Waals surface area contributed by atoms with E-state index in [1.54, 1.807) is 0 Å². The molecule has 258 valence electrons. The minimum absolute atomic E-state index is 0.0592. The predicted molar refractivity (Wildman–Crippen MR) is 176 cm³/mol. The number of hydrogen-bond acceptors (Lipinski definition) is 6. The second-order valence-electron chi connectivity index (χ2n) is 16.3. The number of nitrogens with two attached hydrogens (primary N) is 1. The molecule has 1 saturated heterocycles. The largest absolute Gasteiger partial charge is 0.363 e. The van der Waals surface area contributed by atoms with Crippen LogP contribution in [0.4, 0.5) is 4.79 Å². The Morgan fingerprint density at radius 3 is 2.00 bits per heavy atom. The third-order valence-electron chi connectivity index (χ3n) is 10.0. The molecule has 47 heavy (non-hydrogen) atoms. The van der Waals surface area contributed by atoms with Gasteiger partial charge in [-0.2, -0.15) is 0 Å². The van der Waals surface area contributed by atoms with Gasteiger partial charge in [0.05, 0.1) is 6.04 Å². The molecule has 1 aromatic rings. The first-order valence-electron chi connectivity index (χ1n) is 16.6. The van der Waals surface area contributed by atoms with Crippen LogP contribution in [-0.2, 0) is 30.5 Å². The van der Waals surface area contributed by atoms with Crippen LogP contribution in [0.1, 0.15) is 80.2 Å². The summed E-state index contributed by atoms with van der Waals surface area (Å²) in [6.07, 6.45) is 2.15. The number of hydrogen-bond donors (Lipinski definition) is 5. The molecule has 0 radical (unpaired) electrons. The molecule has 4 rings (SSSR count). The van der Waals surface area contributed by atoms with Crippen molar-refractivity contribution in [2.75, 3.05) is 6.54 Å². The Hall–Kier alpha value is -3.96. The molecule has 1 aromatic carbocycles. The van der Waals surface area contributed by atoms with Gasteiger partial charge in [0, 0.05) is 13.1 Å². The fourth-order valence-electron chi connectivity index (χ4n) is 6.84. The molecular formula is C35H52N6O6. The lowest BCUT2D eigenvalue weighted by Crippen LogP contribution is -2.63. The van der Waals surface area contributed by atoms with Crippen LogP contribution < -0.4 is 27.0 Å². The number of carbonyl (C=O) groups is 6. The van der Waals surface area contributed by atoms with Crippen molar-refractivity contribution in [3.05, 3.63) is 35.9 Å². The molecule has 2 saturated carbocycles. The van der Waals surface area contributed by atoms with Crippen molar-refractivity contribution in [3.63, 3.8) is 0 Å². The Bertz CT molecular complexity index is 1390. The van der Waals surface area contributed by atoms with Crippen LogP contribution in [-0.4, -0.2) is 71.1 Å². The number of rotatable bonds is 12. The summed E-state index contributed by atoms with van der Waals surface area (Å²) in [6, 6.07) is 4.87. The number of ketones is 1. The molecule has 12 heteroatoms. The number of nitrogens with zero attached hydrogens (tertiary/aromatic N) is 1. The number of carbonyl (C=O) groups excluding carboxylic acids is 6. The van der Waals surface area contributed by atoms with E-state index in [1.165, 1.54) is 4.90 Å². The third kappa shape index (κ3) is 8.31. The average Bonchev–Trinajstić information content (AvgIpc) is 3.83. The van der Waals surface area contributed by atoms with Crippen molar-refractivity contribution in [2.45, 2.75) is 105 Å². The zero-order valence-corrected chi connectivity index (χ0v) is 28.9. The Balaban J connectivity index is 1.50. The van der Waals surface area contributed by atoms with E-state index >= 15 is 0 Å². The van der Waals surface area contributed by atoms with Gasteiger partial charge in [0.25, 0.3) is 5.91 Å². The van der Waals surface area contributed by atoms with Gasteiger partial charge in [0.2, 0.25) is 23.5 Å². The Morgan fingerprint density at radius 2 is 1.47 bits per heavy atom. The van der Waals surface area contributed by atoms with Gasteiger partial charge in [-0.05, 0) is 46.0 Å². The van der Waals surface area contributed by atoms with Crippen molar-refractivity contribution in [3.8, 4) is 0 Å². The lowest BCUT2D eigenvalue weighted by Gasteiger charge is -2.38. The number of amides is 6. The zero-order chi connectivity index (χ0) is 35.1. The van der Waals surface area contributed by atoms with Gasteiger partial charge in [-0.15, -0.1) is 0 Å². The molecule has 12 nitrogen and oxygen atoms in total. The molecule has 1 heterocycles. The first-order chi connectivity index (χ1) is 21.7. The third-order valence-corrected chi connectivity index (χ3v) is 10.0. The number of nitrogens with one attached hydrogen (secondary N) is 4. The second kappa shape index (κ2) is 13.3. The van der Waals surface area contributed by atoms with Gasteiger partial charge < -0.3 is 31.9 Å². The van der Waals surface area contributed by atoms with Crippen LogP contribution >= 0.6 is 0 Å². The van der Waals surface area contributed by atoms with E-state index in [2.05, 4.69) is 21.3 Å². The number of Topliss-reactive ketones (excluding diaryl/α,β-unsaturated/α-hetero) is 1. The summed E-state index contributed by atoms with van der Waals surface area (Å²) in [5.74, 6) is -3.10. The monoisotopic (exact) mass is 652 g/mol. The number of piperidine rings is 1. The minimum atomic E-state index is -1.11. The fourth-order valence-corrected chi connectivity index (χ4v) is 6.84. The van der Waals surface area contributed by atoms with Gasteiger partial charge in [0.15, 0.2) is 0 Å². The number of likely N-dealkylation sites (tertiary alicyclic amines) is 1. The molecule has 3 fully saturated rings. The maximum atomic E-state index is 14.3. The lowest BCUT2D eigenvalue weighted by atomic mass is 9.84. The highest BCUT2D eigenvalue weighted by molar-refractivity contribution is 6.37. The van der Waals surface area contributed by atoms with Gasteiger partial charge in [-0.3, -0.25) is 24.0 Å². The molecule has 0 aromatic heterocycles. The van der Waals surface area contributed by atoms with E-state index in [-0.39, 0.29) is 29.1 Å². The van der Waals surface area contributed by atoms with E-state index in [9.17, 15) is 28.8 Å². The quantitative estimate of drug-likeness (QED) is 0.216. The molecule has 6 atom stereocenters. The number of primary amides is 1. The highest BCUT2D eigenvalue weighted by Crippen LogP contribution is 2.65. The smallest absolute Gasteiger partial charge is 0.316 e. The van der Waals surface area contributed by atoms with Crippen LogP contribution in [0.2, 0.25) is 0 Å². The van der Waals surface area contributed by atoms with E-state index in [1.807, 2.05) is 85.7 Å². The Labute approximate surface area is 277 Å². The van der Waals surface area contributed by atoms with Crippen molar-refractivity contribution in [1.29, 1.82) is 0 Å². The SMILES string of the molecule is CC(C)(C)[C@H](NC(=O)N[C@H](C(=O)N1C[C@H]2[C@@H]([C@H]1C(=O)NC(CC1CC1)C(=O)C(N)=O)C2(C)C)C(C)(C)C)C(=O)NCc1ccccc1. The molecule has 6 N–H and O–H groups in total. The van der Waals surface area contributed by atoms with Crippen molar-refractivity contribution < 1.29 is 28.8 Å². The van der Waals surface area contributed by atoms with E-state index < -0.39 is 64.5 Å². The maximum Gasteiger partial charge on any atom is 0.316 e. The molecule has 3 aliphatic rings. The summed E-state index contributed by atoms with van der Waals surface area (Å²) < 4.78 is 0. The van der Waals surface area contributed by atoms with Crippen LogP contribution in [0, 0.1) is 34.0 Å². The van der Waals surface area contributed by atoms with Crippen molar-refractivity contribution >= 4 is 35.4 Å². The Kier molecular flexibility index (Phi) is 10.1. The second-order valence-corrected chi connectivity index (χ2v) is 16.3. The molecule has 1 unspecified atom stereocenters. The Morgan fingerprint density at radius 1 is 0.894 bits per heavy atom. The summed E-state index contributed by atoms with van der Waals surface area (Å²) in [5.41, 5.74) is 4.60. The van der Waals surface area contributed by atoms with Gasteiger partial charge in [-0.1, -0.05) is 98.6 Å². The van der Waals surface area contributed by atoms with Crippen LogP contribution in [0.25, 0.3) is 0 Å². The van der Waals surface area contributed by atoms with Crippen molar-refractivity contribution in [1.82, 2.24) is 26.2 Å². The van der Waals surface area contributed by atoms with Gasteiger partial charge >= 0.3 is 6.03 Å². The fraction of sp³-hybridized carbons (Fsp3) is 0.657. The molecule has 6 amide bonds. The summed E-state index contributed by atoms with van der Waals surface area (Å²) in [7, 11) is 0. The number of fused-ring (bicyclic) bond motifs is 1. The van der Waals surface area contributed by atoms with Gasteiger partial charge in [0.1, 0.15) is 18.1 Å². The maximum absolute atomic E-state index is 14.3. The van der Waals surface area contributed by atoms with Crippen molar-refractivity contribution in [2.24, 2.45) is 39.7 Å². The van der Waals surface area contributed by atoms with E-state index in [4.69, 9.17) is 5.73 Å². The minimum Gasteiger partial charge on any atom is -0.363 e. The predicted octanol–water partition coefficient (Wildman–Crippen LogP) is 2.25. The first kappa shape index (κ1) is 35.9. The molecule has 1 aliphatic heterocycles. The van der Waals surface area contributed by atoms with E-state index in [0.29, 0.717) is 19.5 Å². The van der Waals surface area contributed by atoms with Crippen LogP contribution in [0.5, 0.6) is 0 Å². The summed E-state index contributed by atoms with van der Waals surface area (Å²) in [6.45, 7) is 15.7. The molecule has 0 spiro atoms. The number of benzene rings is 1. The van der Waals surface area contributed by atoms with Crippen LogP contribution in [0.3, 0.4) is 0 Å². The number of urea groups is 1. The lowest BCUT2D eigenvalue weighted by molar-refractivity contribution is -0.145. The topological polar surface area (TPSA) is 180 Å². The normalized spacial score (nSPS) is 23.4. The first-order valence-corrected chi connectivity index (χ1v) is 16.6. The zero-order valence-electron chi connectivity index (χ0n) is 28.9. The van der Waals surface area contributed by atoms with Gasteiger partial charge in [-0.25, -0.2) is 4.79 Å². The summed E-state index contributed by atoms with van der Waals surface area (Å²) in [4.78, 5) is 80.8. The standard InChI is InChI=1S/C35H52N6O6/c1-33(2,3)26(30(45)37-17-20-12-10-9-11-13-20)39-32(47)40-27(34(4,5)6)31(46)41-18-21-23(35(21,7)8)24(41)29(44)38-22(16-19-14-15-19)25(42)28(36)43/h9-13,19,21-24,26-27H,14-18H2,1-8H3,(H2,36,43)(H,37,45)(H,38,44)(H2,39,40,47)/t21-,22?,23-,24-,26+,27+/m0/s1. The molecule has 0 bridgehead atoms.